The van der Waals surface area contributed by atoms with E-state index in [0.29, 0.717) is 4.48 Å². The quantitative estimate of drug-likeness (QED) is 0.764. The summed E-state index contributed by atoms with van der Waals surface area (Å²) in [6, 6.07) is 8.21. The number of hydrogen-bond acceptors (Lipinski definition) is 1. The molecule has 3 nitrogen and oxygen atoms in total. The van der Waals surface area contributed by atoms with Crippen LogP contribution in [0.3, 0.4) is 0 Å². The summed E-state index contributed by atoms with van der Waals surface area (Å²) < 4.78 is 0.471. The van der Waals surface area contributed by atoms with E-state index < -0.39 is 5.97 Å². The van der Waals surface area contributed by atoms with Gasteiger partial charge in [0.15, 0.2) is 6.54 Å². The highest BCUT2D eigenvalue weighted by Crippen LogP contribution is 2.10. The number of carboxylic acids is 1. The molecular formula is C12H18NO2+. The van der Waals surface area contributed by atoms with Gasteiger partial charge in [-0.15, -0.1) is 0 Å². The number of aryl methyl sites for hydroxylation is 1. The van der Waals surface area contributed by atoms with E-state index >= 15 is 0 Å². The molecule has 0 heterocycles. The number of hydrogen-bond donors (Lipinski definition) is 1. The van der Waals surface area contributed by atoms with Crippen molar-refractivity contribution in [3.8, 4) is 0 Å². The van der Waals surface area contributed by atoms with Gasteiger partial charge in [-0.25, -0.2) is 4.79 Å². The number of carboxylic acid groups (broad SMARTS) is 1. The summed E-state index contributed by atoms with van der Waals surface area (Å²) in [4.78, 5) is 10.6. The molecule has 0 saturated carbocycles. The molecule has 15 heavy (non-hydrogen) atoms. The molecular weight excluding hydrogens is 190 g/mol. The van der Waals surface area contributed by atoms with Crippen LogP contribution in [0, 0.1) is 6.92 Å². The first-order valence-corrected chi connectivity index (χ1v) is 4.98. The van der Waals surface area contributed by atoms with E-state index in [-0.39, 0.29) is 6.54 Å². The SMILES string of the molecule is Cc1ccc(C[N+](C)(C)CC(=O)O)cc1. The molecule has 0 radical (unpaired) electrons. The fourth-order valence-electron chi connectivity index (χ4n) is 1.61. The second-order valence-corrected chi connectivity index (χ2v) is 4.63. The number of quaternary nitrogens is 1. The zero-order valence-corrected chi connectivity index (χ0v) is 9.53. The molecule has 0 spiro atoms. The van der Waals surface area contributed by atoms with E-state index in [4.69, 9.17) is 5.11 Å². The predicted octanol–water partition coefficient (Wildman–Crippen LogP) is 1.66. The van der Waals surface area contributed by atoms with Gasteiger partial charge >= 0.3 is 5.97 Å². The second-order valence-electron chi connectivity index (χ2n) is 4.63. The molecule has 0 aliphatic carbocycles. The van der Waals surface area contributed by atoms with Gasteiger partial charge in [0.25, 0.3) is 0 Å². The average Bonchev–Trinajstić information content (AvgIpc) is 2.06. The first kappa shape index (κ1) is 11.7. The molecule has 1 aromatic carbocycles. The van der Waals surface area contributed by atoms with Gasteiger partial charge in [0.2, 0.25) is 0 Å². The Morgan fingerprint density at radius 3 is 2.27 bits per heavy atom. The summed E-state index contributed by atoms with van der Waals surface area (Å²) in [5, 5.41) is 8.76. The first-order chi connectivity index (χ1) is 6.89. The minimum Gasteiger partial charge on any atom is -0.477 e. The molecule has 0 fully saturated rings. The summed E-state index contributed by atoms with van der Waals surface area (Å²) >= 11 is 0. The summed E-state index contributed by atoms with van der Waals surface area (Å²) in [6.45, 7) is 2.93. The molecule has 0 unspecified atom stereocenters. The normalized spacial score (nSPS) is 11.4. The van der Waals surface area contributed by atoms with E-state index in [2.05, 4.69) is 24.3 Å². The Morgan fingerprint density at radius 1 is 1.27 bits per heavy atom. The maximum atomic E-state index is 10.6. The summed E-state index contributed by atoms with van der Waals surface area (Å²) in [5.74, 6) is -0.757. The maximum absolute atomic E-state index is 10.6. The lowest BCUT2D eigenvalue weighted by atomic mass is 10.1. The molecule has 0 bridgehead atoms. The smallest absolute Gasteiger partial charge is 0.359 e. The van der Waals surface area contributed by atoms with Gasteiger partial charge in [-0.2, -0.15) is 0 Å². The largest absolute Gasteiger partial charge is 0.477 e. The molecule has 0 amide bonds. The highest BCUT2D eigenvalue weighted by molar-refractivity contribution is 5.67. The van der Waals surface area contributed by atoms with Crippen LogP contribution in [-0.4, -0.2) is 36.2 Å². The van der Waals surface area contributed by atoms with Crippen LogP contribution in [0.5, 0.6) is 0 Å². The molecule has 3 heteroatoms. The Morgan fingerprint density at radius 2 is 1.80 bits per heavy atom. The van der Waals surface area contributed by atoms with Gasteiger partial charge < -0.3 is 9.59 Å². The Hall–Kier alpha value is -1.35. The standard InChI is InChI=1S/C12H17NO2/c1-10-4-6-11(7-5-10)8-13(2,3)9-12(14)15/h4-7H,8-9H2,1-3H3/p+1. The fraction of sp³-hybridized carbons (Fsp3) is 0.417. The van der Waals surface area contributed by atoms with Gasteiger partial charge in [-0.1, -0.05) is 29.8 Å². The Bertz CT molecular complexity index is 341. The molecule has 0 aromatic heterocycles. The fourth-order valence-corrected chi connectivity index (χ4v) is 1.61. The Balaban J connectivity index is 2.68. The van der Waals surface area contributed by atoms with Crippen LogP contribution in [0.25, 0.3) is 0 Å². The number of carbonyl (C=O) groups is 1. The lowest BCUT2D eigenvalue weighted by molar-refractivity contribution is -0.896. The van der Waals surface area contributed by atoms with Gasteiger partial charge in [0, 0.05) is 5.56 Å². The highest BCUT2D eigenvalue weighted by Gasteiger charge is 2.19. The van der Waals surface area contributed by atoms with Gasteiger partial charge in [-0.05, 0) is 6.92 Å². The van der Waals surface area contributed by atoms with Crippen molar-refractivity contribution < 1.29 is 14.4 Å². The lowest BCUT2D eigenvalue weighted by Crippen LogP contribution is -2.42. The van der Waals surface area contributed by atoms with Crippen molar-refractivity contribution >= 4 is 5.97 Å². The van der Waals surface area contributed by atoms with E-state index in [1.54, 1.807) is 0 Å². The average molecular weight is 208 g/mol. The van der Waals surface area contributed by atoms with Crippen LogP contribution < -0.4 is 0 Å². The third-order valence-electron chi connectivity index (χ3n) is 2.29. The van der Waals surface area contributed by atoms with Crippen LogP contribution >= 0.6 is 0 Å². The van der Waals surface area contributed by atoms with Crippen molar-refractivity contribution in [1.82, 2.24) is 0 Å². The van der Waals surface area contributed by atoms with Crippen LogP contribution in [0.1, 0.15) is 11.1 Å². The monoisotopic (exact) mass is 208 g/mol. The van der Waals surface area contributed by atoms with Crippen LogP contribution in [-0.2, 0) is 11.3 Å². The van der Waals surface area contributed by atoms with Crippen molar-refractivity contribution in [2.45, 2.75) is 13.5 Å². The highest BCUT2D eigenvalue weighted by atomic mass is 16.4. The molecule has 1 N–H and O–H groups in total. The van der Waals surface area contributed by atoms with Crippen LogP contribution in [0.15, 0.2) is 24.3 Å². The van der Waals surface area contributed by atoms with E-state index in [9.17, 15) is 4.79 Å². The first-order valence-electron chi connectivity index (χ1n) is 4.98. The predicted molar refractivity (Wildman–Crippen MR) is 59.5 cm³/mol. The summed E-state index contributed by atoms with van der Waals surface area (Å²) in [5.41, 5.74) is 2.40. The van der Waals surface area contributed by atoms with Gasteiger partial charge in [0.1, 0.15) is 6.54 Å². The topological polar surface area (TPSA) is 37.3 Å². The van der Waals surface area contributed by atoms with Gasteiger partial charge in [0.05, 0.1) is 14.1 Å². The molecule has 1 rings (SSSR count). The molecule has 1 aromatic rings. The van der Waals surface area contributed by atoms with E-state index in [0.717, 1.165) is 6.54 Å². The minimum absolute atomic E-state index is 0.147. The summed E-state index contributed by atoms with van der Waals surface area (Å²) in [7, 11) is 3.85. The number of rotatable bonds is 4. The van der Waals surface area contributed by atoms with E-state index in [1.807, 2.05) is 21.0 Å². The number of benzene rings is 1. The van der Waals surface area contributed by atoms with Crippen molar-refractivity contribution in [1.29, 1.82) is 0 Å². The molecule has 0 saturated heterocycles. The third kappa shape index (κ3) is 4.13. The van der Waals surface area contributed by atoms with Crippen LogP contribution in [0.2, 0.25) is 0 Å². The van der Waals surface area contributed by atoms with Gasteiger partial charge in [-0.3, -0.25) is 0 Å². The molecule has 82 valence electrons. The minimum atomic E-state index is -0.757. The zero-order chi connectivity index (χ0) is 11.5. The Labute approximate surface area is 90.5 Å². The van der Waals surface area contributed by atoms with Crippen molar-refractivity contribution in [3.05, 3.63) is 35.4 Å². The Kier molecular flexibility index (Phi) is 3.48. The van der Waals surface area contributed by atoms with Crippen LogP contribution in [0.4, 0.5) is 0 Å². The number of nitrogens with zero attached hydrogens (tertiary/aromatic N) is 1. The van der Waals surface area contributed by atoms with Crippen molar-refractivity contribution in [2.24, 2.45) is 0 Å². The second kappa shape index (κ2) is 4.45. The third-order valence-corrected chi connectivity index (χ3v) is 2.29. The molecule has 0 atom stereocenters. The number of aliphatic carboxylic acids is 1. The number of likely N-dealkylation sites (N-methyl/N-ethyl adjacent to an activating group) is 1. The summed E-state index contributed by atoms with van der Waals surface area (Å²) in [6.07, 6.45) is 0. The van der Waals surface area contributed by atoms with Crippen molar-refractivity contribution in [2.75, 3.05) is 20.6 Å². The molecule has 0 aliphatic rings. The maximum Gasteiger partial charge on any atom is 0.359 e. The van der Waals surface area contributed by atoms with E-state index in [1.165, 1.54) is 11.1 Å². The lowest BCUT2D eigenvalue weighted by Gasteiger charge is -2.27. The molecule has 0 aliphatic heterocycles. The van der Waals surface area contributed by atoms with Crippen molar-refractivity contribution in [3.63, 3.8) is 0 Å². The zero-order valence-electron chi connectivity index (χ0n) is 9.53.